The van der Waals surface area contributed by atoms with Gasteiger partial charge in [0, 0.05) is 0 Å². The van der Waals surface area contributed by atoms with Crippen LogP contribution in [0.3, 0.4) is 0 Å². The van der Waals surface area contributed by atoms with E-state index in [0.29, 0.717) is 16.9 Å². The van der Waals surface area contributed by atoms with E-state index in [-0.39, 0.29) is 5.56 Å². The smallest absolute Gasteiger partial charge is 0.256 e. The topological polar surface area (TPSA) is 51.3 Å². The molecule has 0 aliphatic heterocycles. The van der Waals surface area contributed by atoms with E-state index in [1.54, 1.807) is 20.3 Å². The van der Waals surface area contributed by atoms with Gasteiger partial charge in [0.2, 0.25) is 0 Å². The third-order valence-corrected chi connectivity index (χ3v) is 4.05. The van der Waals surface area contributed by atoms with Gasteiger partial charge in [0.05, 0.1) is 25.3 Å². The largest absolute Gasteiger partial charge is 0.493 e. The quantitative estimate of drug-likeness (QED) is 0.798. The number of ether oxygens (including phenoxy) is 2. The molecule has 0 aliphatic carbocycles. The molecule has 0 fully saturated rings. The van der Waals surface area contributed by atoms with Crippen molar-refractivity contribution >= 4 is 10.8 Å². The number of methoxy groups -OCH3 is 2. The molecule has 0 unspecified atom stereocenters. The van der Waals surface area contributed by atoms with Crippen LogP contribution in [-0.4, -0.2) is 19.2 Å². The van der Waals surface area contributed by atoms with Crippen molar-refractivity contribution in [2.75, 3.05) is 14.2 Å². The van der Waals surface area contributed by atoms with E-state index in [9.17, 15) is 4.79 Å². The van der Waals surface area contributed by atoms with E-state index in [2.05, 4.69) is 11.9 Å². The minimum absolute atomic E-state index is 0.128. The molecule has 0 saturated carbocycles. The molecule has 118 valence electrons. The van der Waals surface area contributed by atoms with Crippen LogP contribution in [0.2, 0.25) is 0 Å². The standard InChI is InChI=1S/C19H19NO3/c1-4-13-14-10-16(22-2)17(23-3)11-15(14)19(21)20-18(13)12-8-6-5-7-9-12/h5-11H,4H2,1-3H3,(H,20,21). The first-order valence-corrected chi connectivity index (χ1v) is 7.55. The normalized spacial score (nSPS) is 10.7. The number of aromatic amines is 1. The van der Waals surface area contributed by atoms with Crippen molar-refractivity contribution in [3.8, 4) is 22.8 Å². The lowest BCUT2D eigenvalue weighted by molar-refractivity contribution is 0.356. The Balaban J connectivity index is 2.39. The fourth-order valence-electron chi connectivity index (χ4n) is 2.93. The zero-order valence-corrected chi connectivity index (χ0v) is 13.5. The summed E-state index contributed by atoms with van der Waals surface area (Å²) >= 11 is 0. The lowest BCUT2D eigenvalue weighted by Gasteiger charge is -2.14. The number of H-pyrrole nitrogens is 1. The third kappa shape index (κ3) is 2.57. The van der Waals surface area contributed by atoms with Crippen molar-refractivity contribution in [2.24, 2.45) is 0 Å². The highest BCUT2D eigenvalue weighted by Crippen LogP contribution is 2.34. The maximum atomic E-state index is 12.6. The second kappa shape index (κ2) is 6.16. The monoisotopic (exact) mass is 309 g/mol. The SMILES string of the molecule is CCc1c(-c2ccccc2)[nH]c(=O)c2cc(OC)c(OC)cc12. The average molecular weight is 309 g/mol. The van der Waals surface area contributed by atoms with E-state index < -0.39 is 0 Å². The number of pyridine rings is 1. The van der Waals surface area contributed by atoms with Gasteiger partial charge >= 0.3 is 0 Å². The fraction of sp³-hybridized carbons (Fsp3) is 0.211. The van der Waals surface area contributed by atoms with Gasteiger partial charge in [-0.05, 0) is 35.1 Å². The van der Waals surface area contributed by atoms with Crippen LogP contribution in [0.1, 0.15) is 12.5 Å². The summed E-state index contributed by atoms with van der Waals surface area (Å²) in [5.74, 6) is 1.18. The maximum absolute atomic E-state index is 12.6. The van der Waals surface area contributed by atoms with Crippen LogP contribution in [0.25, 0.3) is 22.0 Å². The molecular formula is C19H19NO3. The first kappa shape index (κ1) is 15.2. The summed E-state index contributed by atoms with van der Waals surface area (Å²) in [5, 5.41) is 1.51. The minimum Gasteiger partial charge on any atom is -0.493 e. The number of hydrogen-bond acceptors (Lipinski definition) is 3. The Morgan fingerprint density at radius 3 is 2.13 bits per heavy atom. The van der Waals surface area contributed by atoms with Crippen molar-refractivity contribution in [3.05, 3.63) is 58.4 Å². The van der Waals surface area contributed by atoms with Crippen molar-refractivity contribution in [1.29, 1.82) is 0 Å². The van der Waals surface area contributed by atoms with E-state index in [4.69, 9.17) is 9.47 Å². The van der Waals surface area contributed by atoms with Crippen LogP contribution in [0.4, 0.5) is 0 Å². The maximum Gasteiger partial charge on any atom is 0.256 e. The van der Waals surface area contributed by atoms with Gasteiger partial charge in [-0.25, -0.2) is 0 Å². The fourth-order valence-corrected chi connectivity index (χ4v) is 2.93. The number of aryl methyl sites for hydroxylation is 1. The zero-order chi connectivity index (χ0) is 16.4. The van der Waals surface area contributed by atoms with Crippen molar-refractivity contribution in [3.63, 3.8) is 0 Å². The van der Waals surface area contributed by atoms with E-state index in [0.717, 1.165) is 28.6 Å². The lowest BCUT2D eigenvalue weighted by Crippen LogP contribution is -2.11. The molecule has 1 heterocycles. The van der Waals surface area contributed by atoms with E-state index in [1.165, 1.54) is 0 Å². The van der Waals surface area contributed by atoms with Gasteiger partial charge in [-0.1, -0.05) is 37.3 Å². The zero-order valence-electron chi connectivity index (χ0n) is 13.5. The van der Waals surface area contributed by atoms with Crippen LogP contribution in [0.15, 0.2) is 47.3 Å². The number of rotatable bonds is 4. The molecule has 4 heteroatoms. The van der Waals surface area contributed by atoms with Gasteiger partial charge < -0.3 is 14.5 Å². The van der Waals surface area contributed by atoms with Crippen LogP contribution in [0, 0.1) is 0 Å². The summed E-state index contributed by atoms with van der Waals surface area (Å²) in [6.07, 6.45) is 0.799. The Morgan fingerprint density at radius 1 is 0.957 bits per heavy atom. The second-order valence-corrected chi connectivity index (χ2v) is 5.28. The number of nitrogens with one attached hydrogen (secondary N) is 1. The molecule has 0 aliphatic rings. The number of fused-ring (bicyclic) bond motifs is 1. The first-order valence-electron chi connectivity index (χ1n) is 7.55. The highest BCUT2D eigenvalue weighted by molar-refractivity contribution is 5.92. The molecule has 2 aromatic carbocycles. The molecule has 0 spiro atoms. The Kier molecular flexibility index (Phi) is 4.06. The molecule has 3 rings (SSSR count). The predicted octanol–water partition coefficient (Wildman–Crippen LogP) is 3.77. The molecular weight excluding hydrogens is 290 g/mol. The summed E-state index contributed by atoms with van der Waals surface area (Å²) < 4.78 is 10.7. The number of benzene rings is 2. The van der Waals surface area contributed by atoms with Crippen LogP contribution in [-0.2, 0) is 6.42 Å². The molecule has 0 amide bonds. The molecule has 23 heavy (non-hydrogen) atoms. The van der Waals surface area contributed by atoms with Crippen molar-refractivity contribution in [1.82, 2.24) is 4.98 Å². The van der Waals surface area contributed by atoms with Gasteiger partial charge in [0.1, 0.15) is 0 Å². The summed E-state index contributed by atoms with van der Waals surface area (Å²) in [4.78, 5) is 15.6. The molecule has 1 N–H and O–H groups in total. The summed E-state index contributed by atoms with van der Waals surface area (Å²) in [7, 11) is 3.16. The summed E-state index contributed by atoms with van der Waals surface area (Å²) in [5.41, 5.74) is 2.82. The van der Waals surface area contributed by atoms with Crippen LogP contribution < -0.4 is 15.0 Å². The first-order chi connectivity index (χ1) is 11.2. The molecule has 0 saturated heterocycles. The number of aromatic nitrogens is 1. The highest BCUT2D eigenvalue weighted by Gasteiger charge is 2.15. The third-order valence-electron chi connectivity index (χ3n) is 4.05. The lowest BCUT2D eigenvalue weighted by atomic mass is 9.97. The van der Waals surface area contributed by atoms with Gasteiger partial charge in [-0.2, -0.15) is 0 Å². The predicted molar refractivity (Wildman–Crippen MR) is 92.5 cm³/mol. The van der Waals surface area contributed by atoms with Crippen LogP contribution >= 0.6 is 0 Å². The van der Waals surface area contributed by atoms with Gasteiger partial charge in [-0.15, -0.1) is 0 Å². The summed E-state index contributed by atoms with van der Waals surface area (Å²) in [6, 6.07) is 13.5. The average Bonchev–Trinajstić information content (AvgIpc) is 2.61. The van der Waals surface area contributed by atoms with E-state index in [1.807, 2.05) is 36.4 Å². The Labute approximate surface area is 134 Å². The number of hydrogen-bond donors (Lipinski definition) is 1. The Morgan fingerprint density at radius 2 is 1.57 bits per heavy atom. The molecule has 0 atom stereocenters. The van der Waals surface area contributed by atoms with Crippen molar-refractivity contribution < 1.29 is 9.47 Å². The second-order valence-electron chi connectivity index (χ2n) is 5.28. The Hall–Kier alpha value is -2.75. The highest BCUT2D eigenvalue weighted by atomic mass is 16.5. The molecule has 4 nitrogen and oxygen atoms in total. The van der Waals surface area contributed by atoms with Crippen LogP contribution in [0.5, 0.6) is 11.5 Å². The minimum atomic E-state index is -0.128. The molecule has 0 radical (unpaired) electrons. The van der Waals surface area contributed by atoms with Gasteiger partial charge in [-0.3, -0.25) is 4.79 Å². The molecule has 3 aromatic rings. The molecule has 1 aromatic heterocycles. The summed E-state index contributed by atoms with van der Waals surface area (Å²) in [6.45, 7) is 2.08. The Bertz CT molecular complexity index is 898. The van der Waals surface area contributed by atoms with Crippen molar-refractivity contribution in [2.45, 2.75) is 13.3 Å². The van der Waals surface area contributed by atoms with Gasteiger partial charge in [0.25, 0.3) is 5.56 Å². The molecule has 0 bridgehead atoms. The van der Waals surface area contributed by atoms with E-state index >= 15 is 0 Å². The van der Waals surface area contributed by atoms with Gasteiger partial charge in [0.15, 0.2) is 11.5 Å².